The van der Waals surface area contributed by atoms with Gasteiger partial charge in [-0.15, -0.1) is 0 Å². The van der Waals surface area contributed by atoms with E-state index in [1.807, 2.05) is 45.0 Å². The van der Waals surface area contributed by atoms with Crippen LogP contribution in [0.3, 0.4) is 0 Å². The van der Waals surface area contributed by atoms with Gasteiger partial charge >= 0.3 is 0 Å². The van der Waals surface area contributed by atoms with Gasteiger partial charge in [0.05, 0.1) is 6.26 Å². The molecule has 0 radical (unpaired) electrons. The zero-order valence-corrected chi connectivity index (χ0v) is 17.5. The van der Waals surface area contributed by atoms with Crippen molar-refractivity contribution in [3.05, 3.63) is 80.8 Å². The fraction of sp³-hybridized carbons (Fsp3) is 0.238. The van der Waals surface area contributed by atoms with E-state index >= 15 is 0 Å². The molecule has 154 valence electrons. The molecule has 0 aliphatic heterocycles. The molecule has 3 aromatic rings. The Kier molecular flexibility index (Phi) is 6.73. The summed E-state index contributed by atoms with van der Waals surface area (Å²) in [7, 11) is -3.67. The van der Waals surface area contributed by atoms with Crippen molar-refractivity contribution in [3.63, 3.8) is 0 Å². The van der Waals surface area contributed by atoms with Gasteiger partial charge < -0.3 is 10.7 Å². The highest BCUT2D eigenvalue weighted by Crippen LogP contribution is 2.23. The molecule has 3 rings (SSSR count). The second kappa shape index (κ2) is 8.69. The minimum atomic E-state index is -3.67. The van der Waals surface area contributed by atoms with Gasteiger partial charge in [-0.25, -0.2) is 0 Å². The lowest BCUT2D eigenvalue weighted by molar-refractivity contribution is 0.103. The first-order valence-corrected chi connectivity index (χ1v) is 10.7. The number of carbonyl (C=O) groups is 1. The molecule has 1 heterocycles. The predicted octanol–water partition coefficient (Wildman–Crippen LogP) is 2.90. The number of hydrogen-bond acceptors (Lipinski definition) is 5. The van der Waals surface area contributed by atoms with Crippen LogP contribution in [0.1, 0.15) is 45.7 Å². The molecular formula is C21H24N2O5S. The van der Waals surface area contributed by atoms with Crippen molar-refractivity contribution in [3.8, 4) is 0 Å². The summed E-state index contributed by atoms with van der Waals surface area (Å²) < 4.78 is 25.9. The lowest BCUT2D eigenvalue weighted by atomic mass is 9.93. The third-order valence-electron chi connectivity index (χ3n) is 4.29. The highest BCUT2D eigenvalue weighted by Gasteiger charge is 2.16. The van der Waals surface area contributed by atoms with Crippen molar-refractivity contribution in [1.29, 1.82) is 0 Å². The molecule has 8 heteroatoms. The molecule has 0 fully saturated rings. The van der Waals surface area contributed by atoms with Crippen molar-refractivity contribution >= 4 is 26.7 Å². The van der Waals surface area contributed by atoms with E-state index in [1.165, 1.54) is 0 Å². The normalized spacial score (nSPS) is 12.2. The van der Waals surface area contributed by atoms with Crippen molar-refractivity contribution in [2.75, 3.05) is 6.26 Å². The number of hydrogen-bond donors (Lipinski definition) is 3. The summed E-state index contributed by atoms with van der Waals surface area (Å²) in [5.74, 6) is -0.0840. The van der Waals surface area contributed by atoms with Gasteiger partial charge in [-0.05, 0) is 44.0 Å². The lowest BCUT2D eigenvalue weighted by Gasteiger charge is -2.12. The maximum Gasteiger partial charge on any atom is 0.261 e. The summed E-state index contributed by atoms with van der Waals surface area (Å²) in [5.41, 5.74) is 9.51. The molecule has 7 nitrogen and oxygen atoms in total. The number of aromatic nitrogens is 1. The van der Waals surface area contributed by atoms with Gasteiger partial charge in [0.15, 0.2) is 5.78 Å². The van der Waals surface area contributed by atoms with Crippen LogP contribution < -0.4 is 11.3 Å². The molecule has 1 aromatic heterocycles. The van der Waals surface area contributed by atoms with Crippen LogP contribution in [0.2, 0.25) is 0 Å². The average Bonchev–Trinajstić information content (AvgIpc) is 2.59. The van der Waals surface area contributed by atoms with E-state index in [9.17, 15) is 18.0 Å². The first kappa shape index (κ1) is 22.5. The second-order valence-corrected chi connectivity index (χ2v) is 8.44. The van der Waals surface area contributed by atoms with Crippen LogP contribution >= 0.6 is 0 Å². The van der Waals surface area contributed by atoms with Crippen molar-refractivity contribution in [2.24, 2.45) is 5.73 Å². The van der Waals surface area contributed by atoms with Gasteiger partial charge in [-0.3, -0.25) is 14.1 Å². The van der Waals surface area contributed by atoms with E-state index in [0.29, 0.717) is 28.2 Å². The molecule has 2 aromatic carbocycles. The number of rotatable bonds is 3. The molecule has 0 saturated heterocycles. The Labute approximate surface area is 169 Å². The van der Waals surface area contributed by atoms with Crippen LogP contribution in [0, 0.1) is 13.8 Å². The quantitative estimate of drug-likeness (QED) is 0.444. The number of nitrogens with two attached hydrogens (primary N) is 1. The summed E-state index contributed by atoms with van der Waals surface area (Å²) in [6.45, 7) is 5.63. The Balaban J connectivity index is 0.000000537. The van der Waals surface area contributed by atoms with Gasteiger partial charge in [-0.1, -0.05) is 30.3 Å². The smallest absolute Gasteiger partial charge is 0.261 e. The van der Waals surface area contributed by atoms with Crippen LogP contribution in [-0.2, 0) is 10.1 Å². The Morgan fingerprint density at radius 2 is 1.69 bits per heavy atom. The van der Waals surface area contributed by atoms with E-state index in [-0.39, 0.29) is 17.4 Å². The predicted molar refractivity (Wildman–Crippen MR) is 114 cm³/mol. The molecule has 0 saturated carbocycles. The molecule has 29 heavy (non-hydrogen) atoms. The van der Waals surface area contributed by atoms with Crippen molar-refractivity contribution in [2.45, 2.75) is 26.8 Å². The number of fused-ring (bicyclic) bond motifs is 1. The SMILES string of the molecule is CS(=O)(=O)O.Cc1cc2c(C(=O)c3ccc([C@@H](C)N)cc3C)cccc2c(=O)[nH]1. The van der Waals surface area contributed by atoms with Gasteiger partial charge in [0.2, 0.25) is 0 Å². The van der Waals surface area contributed by atoms with Gasteiger partial charge in [0, 0.05) is 33.6 Å². The largest absolute Gasteiger partial charge is 0.326 e. The monoisotopic (exact) mass is 416 g/mol. The van der Waals surface area contributed by atoms with E-state index in [1.54, 1.807) is 18.2 Å². The topological polar surface area (TPSA) is 130 Å². The van der Waals surface area contributed by atoms with E-state index in [0.717, 1.165) is 16.8 Å². The molecule has 0 unspecified atom stereocenters. The second-order valence-electron chi connectivity index (χ2n) is 6.97. The van der Waals surface area contributed by atoms with Gasteiger partial charge in [-0.2, -0.15) is 8.42 Å². The maximum absolute atomic E-state index is 13.0. The van der Waals surface area contributed by atoms with Crippen molar-refractivity contribution < 1.29 is 17.8 Å². The molecule has 0 aliphatic carbocycles. The minimum absolute atomic E-state index is 0.0772. The molecule has 0 aliphatic rings. The minimum Gasteiger partial charge on any atom is -0.326 e. The zero-order chi connectivity index (χ0) is 21.9. The number of H-pyrrole nitrogens is 1. The van der Waals surface area contributed by atoms with Gasteiger partial charge in [0.1, 0.15) is 0 Å². The summed E-state index contributed by atoms with van der Waals surface area (Å²) in [5, 5.41) is 1.20. The van der Waals surface area contributed by atoms with Crippen LogP contribution in [0.4, 0.5) is 0 Å². The average molecular weight is 416 g/mol. The highest BCUT2D eigenvalue weighted by atomic mass is 32.2. The molecule has 0 amide bonds. The van der Waals surface area contributed by atoms with Gasteiger partial charge in [0.25, 0.3) is 15.7 Å². The number of aromatic amines is 1. The number of pyridine rings is 1. The summed E-state index contributed by atoms with van der Waals surface area (Å²) in [6, 6.07) is 12.6. The number of benzene rings is 2. The van der Waals surface area contributed by atoms with E-state index < -0.39 is 10.1 Å². The van der Waals surface area contributed by atoms with Crippen LogP contribution in [0.15, 0.2) is 47.3 Å². The molecule has 1 atom stereocenters. The number of aryl methyl sites for hydroxylation is 2. The summed E-state index contributed by atoms with van der Waals surface area (Å²) >= 11 is 0. The highest BCUT2D eigenvalue weighted by molar-refractivity contribution is 7.85. The Morgan fingerprint density at radius 1 is 1.07 bits per heavy atom. The zero-order valence-electron chi connectivity index (χ0n) is 16.7. The first-order chi connectivity index (χ1) is 13.4. The van der Waals surface area contributed by atoms with Crippen LogP contribution in [0.5, 0.6) is 0 Å². The fourth-order valence-electron chi connectivity index (χ4n) is 2.99. The molecular weight excluding hydrogens is 392 g/mol. The Bertz CT molecular complexity index is 1220. The van der Waals surface area contributed by atoms with Crippen LogP contribution in [0.25, 0.3) is 10.8 Å². The molecule has 0 spiro atoms. The van der Waals surface area contributed by atoms with E-state index in [2.05, 4.69) is 4.98 Å². The number of carbonyl (C=O) groups excluding carboxylic acids is 1. The summed E-state index contributed by atoms with van der Waals surface area (Å²) in [6.07, 6.45) is 0.715. The number of nitrogens with one attached hydrogen (secondary N) is 1. The molecule has 4 N–H and O–H groups in total. The molecule has 0 bridgehead atoms. The third kappa shape index (κ3) is 5.83. The first-order valence-electron chi connectivity index (χ1n) is 8.84. The Morgan fingerprint density at radius 3 is 2.24 bits per heavy atom. The van der Waals surface area contributed by atoms with Crippen molar-refractivity contribution in [1.82, 2.24) is 4.98 Å². The lowest BCUT2D eigenvalue weighted by Crippen LogP contribution is -2.12. The third-order valence-corrected chi connectivity index (χ3v) is 4.29. The van der Waals surface area contributed by atoms with Crippen LogP contribution in [-0.4, -0.2) is 30.0 Å². The summed E-state index contributed by atoms with van der Waals surface area (Å²) in [4.78, 5) is 27.9. The fourth-order valence-corrected chi connectivity index (χ4v) is 2.99. The maximum atomic E-state index is 13.0. The Hall–Kier alpha value is -2.81. The standard InChI is InChI=1S/C20H20N2O2.CH4O3S/c1-11-9-14(13(3)21)7-8-15(11)19(23)16-5-4-6-17-18(16)10-12(2)22-20(17)24;1-5(2,3)4/h4-10,13H,21H2,1-3H3,(H,22,24);1H3,(H,2,3,4)/t13-;/m1./s1. The number of ketones is 1. The van der Waals surface area contributed by atoms with E-state index in [4.69, 9.17) is 10.3 Å².